The van der Waals surface area contributed by atoms with Crippen molar-refractivity contribution in [1.29, 1.82) is 0 Å². The van der Waals surface area contributed by atoms with E-state index in [4.69, 9.17) is 30.1 Å². The monoisotopic (exact) mass is 582 g/mol. The second-order valence-corrected chi connectivity index (χ2v) is 10.4. The van der Waals surface area contributed by atoms with Crippen molar-refractivity contribution in [3.63, 3.8) is 0 Å². The molecule has 2 aliphatic rings. The Balaban J connectivity index is 1.44. The first-order valence-corrected chi connectivity index (χ1v) is 13.6. The highest BCUT2D eigenvalue weighted by Crippen LogP contribution is 2.48. The quantitative estimate of drug-likeness (QED) is 0.228. The van der Waals surface area contributed by atoms with Crippen molar-refractivity contribution in [2.24, 2.45) is 0 Å². The number of methoxy groups -OCH3 is 2. The molecule has 0 saturated carbocycles. The average molecular weight is 583 g/mol. The van der Waals surface area contributed by atoms with Gasteiger partial charge < -0.3 is 28.8 Å². The van der Waals surface area contributed by atoms with E-state index in [1.165, 1.54) is 6.20 Å². The fraction of sp³-hybridized carbons (Fsp3) is 0.273. The lowest BCUT2D eigenvalue weighted by Crippen LogP contribution is -2.48. The molecule has 0 unspecified atom stereocenters. The van der Waals surface area contributed by atoms with E-state index in [1.807, 2.05) is 78.9 Å². The van der Waals surface area contributed by atoms with Crippen molar-refractivity contribution in [3.8, 4) is 23.8 Å². The molecule has 0 radical (unpaired) electrons. The van der Waals surface area contributed by atoms with E-state index in [1.54, 1.807) is 14.2 Å². The maximum atomic E-state index is 12.7. The third kappa shape index (κ3) is 4.73. The standard InChI is InChI=1S/C33H30N2O8/c1-4-21-18-35(31(38)34-29(21)37)30-27-28(36)32(43-30,19-41-27)20-42-33(22-8-6-5-7-9-22,23-10-14-25(39-2)15-11-23)24-12-16-26(40-3)17-13-24/h1,5-18,27-28,30,36H,19-20H2,2-3H3,(H,34,37,38)/t27-,28+,30-,32-/m1/s1. The first-order valence-electron chi connectivity index (χ1n) is 13.6. The van der Waals surface area contributed by atoms with E-state index >= 15 is 0 Å². The van der Waals surface area contributed by atoms with Crippen molar-refractivity contribution in [2.75, 3.05) is 27.4 Å². The normalized spacial score (nSPS) is 22.7. The van der Waals surface area contributed by atoms with Crippen LogP contribution in [0.25, 0.3) is 0 Å². The molecule has 10 nitrogen and oxygen atoms in total. The minimum Gasteiger partial charge on any atom is -0.497 e. The van der Waals surface area contributed by atoms with Crippen molar-refractivity contribution < 1.29 is 28.8 Å². The summed E-state index contributed by atoms with van der Waals surface area (Å²) in [4.78, 5) is 27.0. The molecule has 43 heavy (non-hydrogen) atoms. The number of aromatic amines is 1. The second-order valence-electron chi connectivity index (χ2n) is 10.4. The molecule has 6 rings (SSSR count). The van der Waals surface area contributed by atoms with E-state index in [0.717, 1.165) is 21.3 Å². The van der Waals surface area contributed by atoms with Crippen LogP contribution in [0.5, 0.6) is 11.5 Å². The number of H-pyrrole nitrogens is 1. The smallest absolute Gasteiger partial charge is 0.330 e. The van der Waals surface area contributed by atoms with Crippen molar-refractivity contribution in [1.82, 2.24) is 9.55 Å². The number of terminal acetylenes is 1. The number of nitrogens with one attached hydrogen (secondary N) is 1. The summed E-state index contributed by atoms with van der Waals surface area (Å²) in [5.74, 6) is 3.63. The van der Waals surface area contributed by atoms with Crippen molar-refractivity contribution in [2.45, 2.75) is 29.6 Å². The number of aromatic nitrogens is 2. The molecule has 2 bridgehead atoms. The lowest BCUT2D eigenvalue weighted by molar-refractivity contribution is -0.204. The number of benzene rings is 3. The molecule has 1 aromatic heterocycles. The molecule has 0 aliphatic carbocycles. The van der Waals surface area contributed by atoms with Gasteiger partial charge in [0.2, 0.25) is 0 Å². The first kappa shape index (κ1) is 28.5. The number of rotatable bonds is 9. The van der Waals surface area contributed by atoms with Crippen molar-refractivity contribution >= 4 is 0 Å². The fourth-order valence-corrected chi connectivity index (χ4v) is 5.82. The van der Waals surface area contributed by atoms with Crippen LogP contribution >= 0.6 is 0 Å². The van der Waals surface area contributed by atoms with E-state index in [2.05, 4.69) is 10.9 Å². The van der Waals surface area contributed by atoms with Gasteiger partial charge in [0.15, 0.2) is 6.23 Å². The first-order chi connectivity index (χ1) is 20.8. The van der Waals surface area contributed by atoms with Gasteiger partial charge in [-0.3, -0.25) is 14.3 Å². The minimum absolute atomic E-state index is 0.0194. The Hall–Kier alpha value is -4.66. The van der Waals surface area contributed by atoms with Gasteiger partial charge in [-0.05, 0) is 41.0 Å². The maximum absolute atomic E-state index is 12.7. The summed E-state index contributed by atoms with van der Waals surface area (Å²) in [6.07, 6.45) is 3.60. The van der Waals surface area contributed by atoms with E-state index in [9.17, 15) is 14.7 Å². The lowest BCUT2D eigenvalue weighted by atomic mass is 9.79. The van der Waals surface area contributed by atoms with Gasteiger partial charge in [-0.25, -0.2) is 4.79 Å². The van der Waals surface area contributed by atoms with Crippen LogP contribution in [0.1, 0.15) is 28.5 Å². The van der Waals surface area contributed by atoms with Crippen LogP contribution in [-0.2, 0) is 19.8 Å². The van der Waals surface area contributed by atoms with Gasteiger partial charge in [-0.15, -0.1) is 6.42 Å². The van der Waals surface area contributed by atoms with Crippen LogP contribution < -0.4 is 20.7 Å². The highest BCUT2D eigenvalue weighted by molar-refractivity contribution is 5.49. The van der Waals surface area contributed by atoms with Gasteiger partial charge >= 0.3 is 5.69 Å². The van der Waals surface area contributed by atoms with Gasteiger partial charge in [0.05, 0.1) is 27.4 Å². The SMILES string of the molecule is C#Cc1cn([C@@H]2O[C@@]3(COC(c4ccccc4)(c4ccc(OC)cc4)c4ccc(OC)cc4)CO[C@@H]2[C@@H]3O)c(=O)[nH]c1=O. The van der Waals surface area contributed by atoms with Crippen LogP contribution in [0, 0.1) is 12.3 Å². The topological polar surface area (TPSA) is 121 Å². The molecule has 2 N–H and O–H groups in total. The molecular weight excluding hydrogens is 552 g/mol. The maximum Gasteiger partial charge on any atom is 0.330 e. The predicted octanol–water partition coefficient (Wildman–Crippen LogP) is 2.57. The number of fused-ring (bicyclic) bond motifs is 2. The third-order valence-electron chi connectivity index (χ3n) is 8.11. The fourth-order valence-electron chi connectivity index (χ4n) is 5.82. The molecule has 2 aliphatic heterocycles. The van der Waals surface area contributed by atoms with Crippen LogP contribution in [0.2, 0.25) is 0 Å². The number of hydrogen-bond donors (Lipinski definition) is 2. The number of aliphatic hydroxyl groups is 1. The minimum atomic E-state index is -1.33. The van der Waals surface area contributed by atoms with Gasteiger partial charge in [-0.1, -0.05) is 60.5 Å². The van der Waals surface area contributed by atoms with Gasteiger partial charge in [0, 0.05) is 6.20 Å². The van der Waals surface area contributed by atoms with Gasteiger partial charge in [0.25, 0.3) is 5.56 Å². The third-order valence-corrected chi connectivity index (χ3v) is 8.11. The Labute approximate surface area is 247 Å². The van der Waals surface area contributed by atoms with Crippen LogP contribution in [0.4, 0.5) is 0 Å². The summed E-state index contributed by atoms with van der Waals surface area (Å²) in [5.41, 5.74) is -1.53. The molecule has 2 saturated heterocycles. The largest absolute Gasteiger partial charge is 0.497 e. The highest BCUT2D eigenvalue weighted by atomic mass is 16.7. The van der Waals surface area contributed by atoms with Gasteiger partial charge in [0.1, 0.15) is 40.5 Å². The number of aliphatic hydroxyl groups excluding tert-OH is 1. The molecule has 10 heteroatoms. The number of ether oxygens (including phenoxy) is 5. The summed E-state index contributed by atoms with van der Waals surface area (Å²) < 4.78 is 31.3. The lowest BCUT2D eigenvalue weighted by Gasteiger charge is -2.39. The molecule has 3 aromatic carbocycles. The molecular formula is C33H30N2O8. The molecule has 3 heterocycles. The summed E-state index contributed by atoms with van der Waals surface area (Å²) in [6, 6.07) is 24.9. The summed E-state index contributed by atoms with van der Waals surface area (Å²) in [7, 11) is 3.20. The molecule has 4 atom stereocenters. The van der Waals surface area contributed by atoms with E-state index in [-0.39, 0.29) is 18.8 Å². The van der Waals surface area contributed by atoms with Crippen LogP contribution in [0.3, 0.4) is 0 Å². The Bertz CT molecular complexity index is 1710. The summed E-state index contributed by atoms with van der Waals surface area (Å²) in [6.45, 7) is -0.0975. The Morgan fingerprint density at radius 2 is 1.56 bits per heavy atom. The summed E-state index contributed by atoms with van der Waals surface area (Å²) in [5, 5.41) is 11.4. The Kier molecular flexibility index (Phi) is 7.42. The van der Waals surface area contributed by atoms with Crippen molar-refractivity contribution in [3.05, 3.63) is 128 Å². The van der Waals surface area contributed by atoms with E-state index < -0.39 is 40.9 Å². The second kappa shape index (κ2) is 11.2. The molecule has 220 valence electrons. The highest BCUT2D eigenvalue weighted by Gasteiger charge is 2.63. The van der Waals surface area contributed by atoms with E-state index in [0.29, 0.717) is 11.5 Å². The predicted molar refractivity (Wildman–Crippen MR) is 156 cm³/mol. The zero-order valence-corrected chi connectivity index (χ0v) is 23.6. The summed E-state index contributed by atoms with van der Waals surface area (Å²) >= 11 is 0. The molecule has 0 amide bonds. The van der Waals surface area contributed by atoms with Crippen LogP contribution in [0.15, 0.2) is 94.6 Å². The molecule has 2 fully saturated rings. The number of hydrogen-bond acceptors (Lipinski definition) is 8. The Morgan fingerprint density at radius 1 is 0.977 bits per heavy atom. The molecule has 4 aromatic rings. The number of nitrogens with zero attached hydrogens (tertiary/aromatic N) is 1. The zero-order valence-electron chi connectivity index (χ0n) is 23.6. The zero-order chi connectivity index (χ0) is 30.2. The van der Waals surface area contributed by atoms with Crippen LogP contribution in [-0.4, -0.2) is 59.9 Å². The average Bonchev–Trinajstić information content (AvgIpc) is 3.51. The molecule has 0 spiro atoms. The Morgan fingerprint density at radius 3 is 2.12 bits per heavy atom. The van der Waals surface area contributed by atoms with Gasteiger partial charge in [-0.2, -0.15) is 0 Å².